The summed E-state index contributed by atoms with van der Waals surface area (Å²) < 4.78 is 12.1. The van der Waals surface area contributed by atoms with Crippen LogP contribution in [0.3, 0.4) is 0 Å². The monoisotopic (exact) mass is 278 g/mol. The number of anilines is 1. The highest BCUT2D eigenvalue weighted by atomic mass is 16.7. The molecule has 1 atom stereocenters. The minimum atomic E-state index is -0.456. The van der Waals surface area contributed by atoms with Gasteiger partial charge in [-0.3, -0.25) is 0 Å². The Morgan fingerprint density at radius 3 is 2.45 bits per heavy atom. The zero-order valence-electron chi connectivity index (χ0n) is 12.8. The van der Waals surface area contributed by atoms with Gasteiger partial charge < -0.3 is 19.7 Å². The molecule has 0 saturated carbocycles. The lowest BCUT2D eigenvalue weighted by atomic mass is 9.79. The van der Waals surface area contributed by atoms with Crippen LogP contribution < -0.4 is 10.8 Å². The van der Waals surface area contributed by atoms with E-state index in [9.17, 15) is 0 Å². The van der Waals surface area contributed by atoms with Crippen LogP contribution in [0.4, 0.5) is 5.82 Å². The summed E-state index contributed by atoms with van der Waals surface area (Å²) in [5.74, 6) is 0.688. The Morgan fingerprint density at radius 2 is 1.90 bits per heavy atom. The summed E-state index contributed by atoms with van der Waals surface area (Å²) in [4.78, 5) is 4.32. The molecule has 0 aromatic carbocycles. The van der Waals surface area contributed by atoms with E-state index in [1.807, 2.05) is 46.8 Å². The van der Waals surface area contributed by atoms with Gasteiger partial charge in [0.15, 0.2) is 0 Å². The van der Waals surface area contributed by atoms with E-state index < -0.39 is 7.12 Å². The maximum atomic E-state index is 9.17. The van der Waals surface area contributed by atoms with Crippen molar-refractivity contribution in [2.75, 3.05) is 11.9 Å². The summed E-state index contributed by atoms with van der Waals surface area (Å²) >= 11 is 0. The van der Waals surface area contributed by atoms with Gasteiger partial charge in [-0.25, -0.2) is 4.98 Å². The molecule has 2 N–H and O–H groups in total. The molecule has 2 heterocycles. The highest BCUT2D eigenvalue weighted by molar-refractivity contribution is 6.63. The topological polar surface area (TPSA) is 63.6 Å². The number of pyridine rings is 1. The summed E-state index contributed by atoms with van der Waals surface area (Å²) in [5.41, 5.74) is 0.0900. The molecule has 110 valence electrons. The number of nitrogens with one attached hydrogen (secondary N) is 1. The third-order valence-corrected chi connectivity index (χ3v) is 4.00. The third-order valence-electron chi connectivity index (χ3n) is 4.00. The third kappa shape index (κ3) is 2.82. The first-order valence-corrected chi connectivity index (χ1v) is 6.95. The molecular weight excluding hydrogens is 255 g/mol. The summed E-state index contributed by atoms with van der Waals surface area (Å²) in [6, 6.07) is 3.71. The molecule has 1 aromatic rings. The van der Waals surface area contributed by atoms with Crippen LogP contribution in [0.2, 0.25) is 0 Å². The van der Waals surface area contributed by atoms with Gasteiger partial charge >= 0.3 is 7.12 Å². The number of aromatic nitrogens is 1. The first-order chi connectivity index (χ1) is 9.27. The number of hydrogen-bond donors (Lipinski definition) is 2. The first kappa shape index (κ1) is 15.3. The second-order valence-electron chi connectivity index (χ2n) is 6.26. The molecule has 2 rings (SSSR count). The van der Waals surface area contributed by atoms with Crippen molar-refractivity contribution in [1.82, 2.24) is 4.98 Å². The average Bonchev–Trinajstić information content (AvgIpc) is 2.59. The van der Waals surface area contributed by atoms with Crippen molar-refractivity contribution >= 4 is 18.4 Å². The Labute approximate surface area is 120 Å². The molecule has 1 fully saturated rings. The number of aliphatic hydroxyl groups excluding tert-OH is 1. The van der Waals surface area contributed by atoms with Gasteiger partial charge in [0.25, 0.3) is 0 Å². The molecule has 1 aromatic heterocycles. The predicted octanol–water partition coefficient (Wildman–Crippen LogP) is 1.17. The van der Waals surface area contributed by atoms with E-state index in [0.717, 1.165) is 5.46 Å². The molecular formula is C14H23BN2O3. The minimum Gasteiger partial charge on any atom is -0.399 e. The Hall–Kier alpha value is -1.11. The minimum absolute atomic E-state index is 0.0411. The molecule has 1 saturated heterocycles. The van der Waals surface area contributed by atoms with Crippen molar-refractivity contribution in [1.29, 1.82) is 0 Å². The Balaban J connectivity index is 2.26. The Morgan fingerprint density at radius 1 is 1.30 bits per heavy atom. The molecule has 0 bridgehead atoms. The zero-order valence-corrected chi connectivity index (χ0v) is 12.8. The maximum absolute atomic E-state index is 9.17. The van der Waals surface area contributed by atoms with Gasteiger partial charge in [0.05, 0.1) is 17.8 Å². The van der Waals surface area contributed by atoms with Crippen LogP contribution in [0.5, 0.6) is 0 Å². The molecule has 0 spiro atoms. The summed E-state index contributed by atoms with van der Waals surface area (Å²) in [5, 5.41) is 12.3. The zero-order chi connectivity index (χ0) is 15.0. The molecule has 1 aliphatic heterocycles. The molecule has 0 radical (unpaired) electrons. The molecule has 0 aliphatic carbocycles. The SMILES string of the molecule is C[C@H](CO)Nc1ncccc1B1OC(C)(C)C(C)(C)O1. The highest BCUT2D eigenvalue weighted by Gasteiger charge is 2.52. The smallest absolute Gasteiger partial charge is 0.399 e. The van der Waals surface area contributed by atoms with Crippen molar-refractivity contribution in [3.63, 3.8) is 0 Å². The van der Waals surface area contributed by atoms with Gasteiger partial charge in [0, 0.05) is 17.7 Å². The Kier molecular flexibility index (Phi) is 4.09. The van der Waals surface area contributed by atoms with Crippen LogP contribution >= 0.6 is 0 Å². The summed E-state index contributed by atoms with van der Waals surface area (Å²) in [6.07, 6.45) is 1.71. The predicted molar refractivity (Wildman–Crippen MR) is 80.1 cm³/mol. The lowest BCUT2D eigenvalue weighted by Crippen LogP contribution is -2.41. The molecule has 5 nitrogen and oxygen atoms in total. The van der Waals surface area contributed by atoms with Crippen molar-refractivity contribution in [2.24, 2.45) is 0 Å². The van der Waals surface area contributed by atoms with E-state index in [2.05, 4.69) is 10.3 Å². The summed E-state index contributed by atoms with van der Waals surface area (Å²) in [7, 11) is -0.456. The second kappa shape index (κ2) is 5.35. The quantitative estimate of drug-likeness (QED) is 0.810. The first-order valence-electron chi connectivity index (χ1n) is 6.95. The fourth-order valence-electron chi connectivity index (χ4n) is 1.98. The van der Waals surface area contributed by atoms with Crippen molar-refractivity contribution in [2.45, 2.75) is 51.9 Å². The fourth-order valence-corrected chi connectivity index (χ4v) is 1.98. The Bertz CT molecular complexity index is 463. The maximum Gasteiger partial charge on any atom is 0.498 e. The van der Waals surface area contributed by atoms with E-state index in [1.165, 1.54) is 0 Å². The fraction of sp³-hybridized carbons (Fsp3) is 0.643. The standard InChI is InChI=1S/C14H23BN2O3/c1-10(9-18)17-12-11(7-6-8-16-12)15-19-13(2,3)14(4,5)20-15/h6-8,10,18H,9H2,1-5H3,(H,16,17)/t10-/m1/s1. The molecule has 1 aliphatic rings. The normalized spacial score (nSPS) is 21.8. The van der Waals surface area contributed by atoms with Gasteiger partial charge in [-0.15, -0.1) is 0 Å². The van der Waals surface area contributed by atoms with Crippen LogP contribution in [0.25, 0.3) is 0 Å². The van der Waals surface area contributed by atoms with Crippen LogP contribution in [0, 0.1) is 0 Å². The van der Waals surface area contributed by atoms with Crippen LogP contribution in [-0.2, 0) is 9.31 Å². The lowest BCUT2D eigenvalue weighted by molar-refractivity contribution is 0.00578. The largest absolute Gasteiger partial charge is 0.498 e. The highest BCUT2D eigenvalue weighted by Crippen LogP contribution is 2.36. The number of hydrogen-bond acceptors (Lipinski definition) is 5. The average molecular weight is 278 g/mol. The van der Waals surface area contributed by atoms with Crippen LogP contribution in [0.15, 0.2) is 18.3 Å². The van der Waals surface area contributed by atoms with Crippen LogP contribution in [0.1, 0.15) is 34.6 Å². The number of aliphatic hydroxyl groups is 1. The van der Waals surface area contributed by atoms with Gasteiger partial charge in [0.2, 0.25) is 0 Å². The molecule has 20 heavy (non-hydrogen) atoms. The van der Waals surface area contributed by atoms with Gasteiger partial charge in [-0.1, -0.05) is 6.07 Å². The molecule has 0 amide bonds. The van der Waals surface area contributed by atoms with Gasteiger partial charge in [-0.05, 0) is 40.7 Å². The van der Waals surface area contributed by atoms with Crippen molar-refractivity contribution in [3.8, 4) is 0 Å². The van der Waals surface area contributed by atoms with E-state index >= 15 is 0 Å². The molecule has 0 unspecified atom stereocenters. The number of rotatable bonds is 4. The van der Waals surface area contributed by atoms with Crippen molar-refractivity contribution < 1.29 is 14.4 Å². The van der Waals surface area contributed by atoms with Gasteiger partial charge in [-0.2, -0.15) is 0 Å². The summed E-state index contributed by atoms with van der Waals surface area (Å²) in [6.45, 7) is 10.0. The van der Waals surface area contributed by atoms with E-state index in [0.29, 0.717) is 5.82 Å². The van der Waals surface area contributed by atoms with E-state index in [4.69, 9.17) is 14.4 Å². The molecule has 6 heteroatoms. The number of nitrogens with zero attached hydrogens (tertiary/aromatic N) is 1. The van der Waals surface area contributed by atoms with E-state index in [-0.39, 0.29) is 23.9 Å². The van der Waals surface area contributed by atoms with E-state index in [1.54, 1.807) is 6.20 Å². The second-order valence-corrected chi connectivity index (χ2v) is 6.26. The van der Waals surface area contributed by atoms with Crippen LogP contribution in [-0.4, -0.2) is 41.1 Å². The van der Waals surface area contributed by atoms with Crippen molar-refractivity contribution in [3.05, 3.63) is 18.3 Å². The lowest BCUT2D eigenvalue weighted by Gasteiger charge is -2.32. The van der Waals surface area contributed by atoms with Gasteiger partial charge in [0.1, 0.15) is 5.82 Å².